The van der Waals surface area contributed by atoms with Crippen molar-refractivity contribution >= 4 is 29.7 Å². The van der Waals surface area contributed by atoms with Gasteiger partial charge in [-0.2, -0.15) is 4.99 Å². The summed E-state index contributed by atoms with van der Waals surface area (Å²) >= 11 is 1.48. The van der Waals surface area contributed by atoms with Crippen LogP contribution in [-0.4, -0.2) is 17.0 Å². The van der Waals surface area contributed by atoms with Gasteiger partial charge in [0.25, 0.3) is 0 Å². The van der Waals surface area contributed by atoms with E-state index in [1.54, 1.807) is 0 Å². The van der Waals surface area contributed by atoms with Crippen molar-refractivity contribution in [3.63, 3.8) is 0 Å². The van der Waals surface area contributed by atoms with Gasteiger partial charge in [-0.15, -0.1) is 23.7 Å². The van der Waals surface area contributed by atoms with Crippen molar-refractivity contribution < 1.29 is 4.79 Å². The van der Waals surface area contributed by atoms with E-state index < -0.39 is 0 Å². The molecule has 1 heterocycles. The number of amides is 1. The highest BCUT2D eigenvalue weighted by Gasteiger charge is 1.99. The predicted octanol–water partition coefficient (Wildman–Crippen LogP) is 1.84. The maximum Gasteiger partial charge on any atom is 0.248 e. The number of thiazole rings is 1. The molecule has 1 aromatic heterocycles. The quantitative estimate of drug-likeness (QED) is 0.807. The second kappa shape index (κ2) is 9.39. The van der Waals surface area contributed by atoms with Gasteiger partial charge >= 0.3 is 0 Å². The van der Waals surface area contributed by atoms with Gasteiger partial charge in [0, 0.05) is 25.0 Å². The highest BCUT2D eigenvalue weighted by Crippen LogP contribution is 2.03. The minimum atomic E-state index is -0.0224. The Balaban J connectivity index is 0.00000256. The van der Waals surface area contributed by atoms with Crippen LogP contribution in [0.5, 0.6) is 0 Å². The standard InChI is InChI=1S/C11H19N3OS.ClH/c1-14-8-9-16-11(14)13-10(15)6-4-2-3-5-7-12;/h8-9H,2-7,12H2,1H3;1H. The van der Waals surface area contributed by atoms with E-state index in [4.69, 9.17) is 5.73 Å². The van der Waals surface area contributed by atoms with Crippen LogP contribution < -0.4 is 10.5 Å². The van der Waals surface area contributed by atoms with Crippen molar-refractivity contribution in [1.82, 2.24) is 4.57 Å². The van der Waals surface area contributed by atoms with Crippen LogP contribution in [0.25, 0.3) is 0 Å². The van der Waals surface area contributed by atoms with Crippen LogP contribution in [0.15, 0.2) is 16.6 Å². The molecule has 0 aliphatic heterocycles. The number of hydrogen-bond acceptors (Lipinski definition) is 3. The van der Waals surface area contributed by atoms with Crippen LogP contribution in [-0.2, 0) is 11.8 Å². The fraction of sp³-hybridized carbons (Fsp3) is 0.636. The highest BCUT2D eigenvalue weighted by atomic mass is 35.5. The molecule has 2 N–H and O–H groups in total. The number of rotatable bonds is 6. The lowest BCUT2D eigenvalue weighted by atomic mass is 10.1. The minimum absolute atomic E-state index is 0. The Hall–Kier alpha value is -0.650. The molecule has 0 saturated heterocycles. The maximum absolute atomic E-state index is 11.5. The smallest absolute Gasteiger partial charge is 0.248 e. The van der Waals surface area contributed by atoms with E-state index in [1.807, 2.05) is 23.2 Å². The minimum Gasteiger partial charge on any atom is -0.330 e. The lowest BCUT2D eigenvalue weighted by Crippen LogP contribution is -2.12. The van der Waals surface area contributed by atoms with Crippen LogP contribution in [0.4, 0.5) is 0 Å². The number of hydrogen-bond donors (Lipinski definition) is 1. The number of nitrogens with zero attached hydrogens (tertiary/aromatic N) is 2. The van der Waals surface area contributed by atoms with Crippen LogP contribution in [0.1, 0.15) is 32.1 Å². The van der Waals surface area contributed by atoms with Gasteiger partial charge in [0.05, 0.1) is 0 Å². The van der Waals surface area contributed by atoms with Gasteiger partial charge in [-0.1, -0.05) is 12.8 Å². The number of aromatic nitrogens is 1. The van der Waals surface area contributed by atoms with Gasteiger partial charge in [-0.05, 0) is 19.4 Å². The summed E-state index contributed by atoms with van der Waals surface area (Å²) in [5.41, 5.74) is 5.39. The van der Waals surface area contributed by atoms with Gasteiger partial charge in [0.15, 0.2) is 4.80 Å². The van der Waals surface area contributed by atoms with E-state index in [-0.39, 0.29) is 18.3 Å². The summed E-state index contributed by atoms with van der Waals surface area (Å²) in [5, 5.41) is 1.92. The van der Waals surface area contributed by atoms with Gasteiger partial charge in [-0.3, -0.25) is 4.79 Å². The van der Waals surface area contributed by atoms with E-state index in [2.05, 4.69) is 4.99 Å². The number of carbonyl (C=O) groups is 1. The average molecular weight is 278 g/mol. The van der Waals surface area contributed by atoms with E-state index >= 15 is 0 Å². The first-order chi connectivity index (χ1) is 7.74. The summed E-state index contributed by atoms with van der Waals surface area (Å²) in [5.74, 6) is -0.0224. The summed E-state index contributed by atoms with van der Waals surface area (Å²) < 4.78 is 1.86. The highest BCUT2D eigenvalue weighted by molar-refractivity contribution is 7.07. The first-order valence-electron chi connectivity index (χ1n) is 5.62. The van der Waals surface area contributed by atoms with E-state index in [1.165, 1.54) is 11.3 Å². The molecule has 98 valence electrons. The van der Waals surface area contributed by atoms with Crippen molar-refractivity contribution in [3.8, 4) is 0 Å². The summed E-state index contributed by atoms with van der Waals surface area (Å²) in [4.78, 5) is 16.3. The van der Waals surface area contributed by atoms with Crippen molar-refractivity contribution in [3.05, 3.63) is 16.4 Å². The zero-order chi connectivity index (χ0) is 11.8. The fourth-order valence-electron chi connectivity index (χ4n) is 1.37. The third-order valence-electron chi connectivity index (χ3n) is 2.32. The number of carbonyl (C=O) groups excluding carboxylic acids is 1. The molecule has 0 atom stereocenters. The van der Waals surface area contributed by atoms with E-state index in [0.29, 0.717) is 6.42 Å². The topological polar surface area (TPSA) is 60.4 Å². The molecule has 0 spiro atoms. The molecule has 1 amide bonds. The molecular weight excluding hydrogens is 258 g/mol. The van der Waals surface area contributed by atoms with Gasteiger partial charge < -0.3 is 10.3 Å². The number of unbranched alkanes of at least 4 members (excludes halogenated alkanes) is 3. The Morgan fingerprint density at radius 2 is 2.12 bits per heavy atom. The molecule has 1 aromatic rings. The molecule has 0 fully saturated rings. The Morgan fingerprint density at radius 3 is 2.71 bits per heavy atom. The molecule has 0 unspecified atom stereocenters. The molecule has 0 radical (unpaired) electrons. The van der Waals surface area contributed by atoms with E-state index in [9.17, 15) is 4.79 Å². The Bertz CT molecular complexity index is 386. The summed E-state index contributed by atoms with van der Waals surface area (Å²) in [6, 6.07) is 0. The molecule has 6 heteroatoms. The first kappa shape index (κ1) is 16.4. The second-order valence-corrected chi connectivity index (χ2v) is 4.63. The molecule has 17 heavy (non-hydrogen) atoms. The van der Waals surface area contributed by atoms with Crippen molar-refractivity contribution in [2.75, 3.05) is 6.54 Å². The average Bonchev–Trinajstić information content (AvgIpc) is 2.64. The summed E-state index contributed by atoms with van der Waals surface area (Å²) in [6.45, 7) is 0.739. The molecule has 4 nitrogen and oxygen atoms in total. The lowest BCUT2D eigenvalue weighted by molar-refractivity contribution is -0.118. The predicted molar refractivity (Wildman–Crippen MR) is 73.2 cm³/mol. The van der Waals surface area contributed by atoms with Crippen LogP contribution in [0, 0.1) is 0 Å². The summed E-state index contributed by atoms with van der Waals surface area (Å²) in [7, 11) is 1.89. The Morgan fingerprint density at radius 1 is 1.41 bits per heavy atom. The Kier molecular flexibility index (Phi) is 9.03. The molecule has 0 bridgehead atoms. The number of nitrogens with two attached hydrogens (primary N) is 1. The zero-order valence-electron chi connectivity index (χ0n) is 10.1. The molecule has 0 aliphatic carbocycles. The van der Waals surface area contributed by atoms with E-state index in [0.717, 1.165) is 37.0 Å². The van der Waals surface area contributed by atoms with Crippen LogP contribution in [0.3, 0.4) is 0 Å². The lowest BCUT2D eigenvalue weighted by Gasteiger charge is -1.97. The second-order valence-electron chi connectivity index (χ2n) is 3.75. The molecule has 0 aliphatic rings. The fourth-order valence-corrected chi connectivity index (χ4v) is 2.12. The van der Waals surface area contributed by atoms with Gasteiger partial charge in [-0.25, -0.2) is 0 Å². The SMILES string of the molecule is Cl.Cn1ccsc1=NC(=O)CCCCCCN. The maximum atomic E-state index is 11.5. The number of halogens is 1. The molecule has 0 saturated carbocycles. The van der Waals surface area contributed by atoms with Gasteiger partial charge in [0.1, 0.15) is 0 Å². The normalized spacial score (nSPS) is 11.3. The number of aryl methyl sites for hydroxylation is 1. The summed E-state index contributed by atoms with van der Waals surface area (Å²) in [6.07, 6.45) is 6.58. The van der Waals surface area contributed by atoms with Crippen LogP contribution in [0.2, 0.25) is 0 Å². The zero-order valence-corrected chi connectivity index (χ0v) is 11.7. The third-order valence-corrected chi connectivity index (χ3v) is 3.17. The van der Waals surface area contributed by atoms with Crippen LogP contribution >= 0.6 is 23.7 Å². The molecular formula is C11H20ClN3OS. The van der Waals surface area contributed by atoms with Gasteiger partial charge in [0.2, 0.25) is 5.91 Å². The third kappa shape index (κ3) is 6.61. The van der Waals surface area contributed by atoms with Crippen molar-refractivity contribution in [2.24, 2.45) is 17.8 Å². The molecule has 0 aromatic carbocycles. The largest absolute Gasteiger partial charge is 0.330 e. The van der Waals surface area contributed by atoms with Crippen molar-refractivity contribution in [1.29, 1.82) is 0 Å². The first-order valence-corrected chi connectivity index (χ1v) is 6.49. The molecule has 1 rings (SSSR count). The van der Waals surface area contributed by atoms with Crippen molar-refractivity contribution in [2.45, 2.75) is 32.1 Å². The Labute approximate surface area is 112 Å². The monoisotopic (exact) mass is 277 g/mol.